The van der Waals surface area contributed by atoms with Crippen LogP contribution in [0.25, 0.3) is 11.1 Å². The van der Waals surface area contributed by atoms with Crippen LogP contribution in [-0.4, -0.2) is 5.78 Å². The van der Waals surface area contributed by atoms with Crippen molar-refractivity contribution >= 4 is 40.6 Å². The first kappa shape index (κ1) is 13.4. The summed E-state index contributed by atoms with van der Waals surface area (Å²) in [7, 11) is 0. The van der Waals surface area contributed by atoms with Crippen LogP contribution >= 0.6 is 34.8 Å². The smallest absolute Gasteiger partial charge is 0.159 e. The topological polar surface area (TPSA) is 17.1 Å². The first-order chi connectivity index (χ1) is 8.47. The molecule has 0 amide bonds. The van der Waals surface area contributed by atoms with Gasteiger partial charge in [-0.05, 0) is 48.9 Å². The van der Waals surface area contributed by atoms with E-state index in [4.69, 9.17) is 34.8 Å². The third-order valence-corrected chi connectivity index (χ3v) is 3.31. The van der Waals surface area contributed by atoms with Crippen LogP contribution in [0.4, 0.5) is 0 Å². The lowest BCUT2D eigenvalue weighted by atomic mass is 10.0. The molecule has 0 aromatic heterocycles. The van der Waals surface area contributed by atoms with Crippen molar-refractivity contribution < 1.29 is 4.79 Å². The van der Waals surface area contributed by atoms with Crippen LogP contribution in [0.1, 0.15) is 17.3 Å². The van der Waals surface area contributed by atoms with Gasteiger partial charge in [-0.2, -0.15) is 0 Å². The molecule has 0 aliphatic heterocycles. The van der Waals surface area contributed by atoms with Crippen LogP contribution in [0, 0.1) is 0 Å². The molecule has 0 fully saturated rings. The second-order valence-electron chi connectivity index (χ2n) is 3.91. The molecule has 0 unspecified atom stereocenters. The van der Waals surface area contributed by atoms with Crippen LogP contribution in [0.2, 0.25) is 15.1 Å². The second kappa shape index (κ2) is 5.31. The van der Waals surface area contributed by atoms with E-state index in [2.05, 4.69) is 0 Å². The summed E-state index contributed by atoms with van der Waals surface area (Å²) in [5.74, 6) is -0.0129. The molecule has 2 aromatic carbocycles. The molecule has 2 rings (SSSR count). The Morgan fingerprint density at radius 3 is 2.11 bits per heavy atom. The summed E-state index contributed by atoms with van der Waals surface area (Å²) in [5.41, 5.74) is 2.14. The average Bonchev–Trinajstić information content (AvgIpc) is 2.27. The van der Waals surface area contributed by atoms with Gasteiger partial charge in [0.1, 0.15) is 0 Å². The minimum absolute atomic E-state index is 0.0129. The van der Waals surface area contributed by atoms with Crippen molar-refractivity contribution in [2.75, 3.05) is 0 Å². The maximum absolute atomic E-state index is 11.4. The predicted molar refractivity (Wildman–Crippen MR) is 76.9 cm³/mol. The minimum Gasteiger partial charge on any atom is -0.295 e. The molecule has 0 saturated heterocycles. The van der Waals surface area contributed by atoms with Crippen molar-refractivity contribution in [2.24, 2.45) is 0 Å². The van der Waals surface area contributed by atoms with E-state index in [0.29, 0.717) is 20.6 Å². The van der Waals surface area contributed by atoms with Gasteiger partial charge in [-0.1, -0.05) is 34.8 Å². The van der Waals surface area contributed by atoms with Crippen LogP contribution in [-0.2, 0) is 0 Å². The highest BCUT2D eigenvalue weighted by Crippen LogP contribution is 2.32. The number of carbonyl (C=O) groups excluding carboxylic acids is 1. The summed E-state index contributed by atoms with van der Waals surface area (Å²) in [6.45, 7) is 1.51. The molecule has 92 valence electrons. The number of benzene rings is 2. The van der Waals surface area contributed by atoms with Gasteiger partial charge in [0, 0.05) is 26.2 Å². The number of hydrogen-bond donors (Lipinski definition) is 0. The molecule has 0 aliphatic rings. The Balaban J connectivity index is 2.62. The first-order valence-electron chi connectivity index (χ1n) is 5.24. The molecule has 18 heavy (non-hydrogen) atoms. The lowest BCUT2D eigenvalue weighted by Crippen LogP contribution is -1.92. The summed E-state index contributed by atoms with van der Waals surface area (Å²) in [6, 6.07) is 10.3. The molecule has 0 heterocycles. The first-order valence-corrected chi connectivity index (χ1v) is 6.38. The molecule has 4 heteroatoms. The van der Waals surface area contributed by atoms with Gasteiger partial charge in [0.05, 0.1) is 0 Å². The Morgan fingerprint density at radius 2 is 1.56 bits per heavy atom. The number of halogens is 3. The van der Waals surface area contributed by atoms with Crippen molar-refractivity contribution in [1.29, 1.82) is 0 Å². The molecule has 0 spiro atoms. The molecule has 0 bridgehead atoms. The summed E-state index contributed by atoms with van der Waals surface area (Å²) < 4.78 is 0. The number of carbonyl (C=O) groups is 1. The summed E-state index contributed by atoms with van der Waals surface area (Å²) in [4.78, 5) is 11.4. The third-order valence-electron chi connectivity index (χ3n) is 2.55. The van der Waals surface area contributed by atoms with Crippen molar-refractivity contribution in [3.63, 3.8) is 0 Å². The largest absolute Gasteiger partial charge is 0.295 e. The van der Waals surface area contributed by atoms with Gasteiger partial charge >= 0.3 is 0 Å². The Hall–Kier alpha value is -1.02. The SMILES string of the molecule is CC(=O)c1ccc(Cl)c(-c2cc(Cl)cc(Cl)c2)c1. The van der Waals surface area contributed by atoms with Crippen LogP contribution in [0.3, 0.4) is 0 Å². The second-order valence-corrected chi connectivity index (χ2v) is 5.19. The minimum atomic E-state index is -0.0129. The average molecular weight is 300 g/mol. The van der Waals surface area contributed by atoms with Gasteiger partial charge in [0.15, 0.2) is 5.78 Å². The highest BCUT2D eigenvalue weighted by atomic mass is 35.5. The summed E-state index contributed by atoms with van der Waals surface area (Å²) in [5, 5.41) is 1.61. The molecule has 0 radical (unpaired) electrons. The highest BCUT2D eigenvalue weighted by Gasteiger charge is 2.09. The highest BCUT2D eigenvalue weighted by molar-refractivity contribution is 6.36. The summed E-state index contributed by atoms with van der Waals surface area (Å²) >= 11 is 18.1. The monoisotopic (exact) mass is 298 g/mol. The summed E-state index contributed by atoms with van der Waals surface area (Å²) in [6.07, 6.45) is 0. The molecular formula is C14H9Cl3O. The van der Waals surface area contributed by atoms with E-state index in [9.17, 15) is 4.79 Å². The van der Waals surface area contributed by atoms with Crippen LogP contribution in [0.5, 0.6) is 0 Å². The third kappa shape index (κ3) is 2.86. The lowest BCUT2D eigenvalue weighted by molar-refractivity contribution is 0.101. The fourth-order valence-electron chi connectivity index (χ4n) is 1.67. The van der Waals surface area contributed by atoms with E-state index in [0.717, 1.165) is 11.1 Å². The van der Waals surface area contributed by atoms with Gasteiger partial charge in [0.25, 0.3) is 0 Å². The fraction of sp³-hybridized carbons (Fsp3) is 0.0714. The van der Waals surface area contributed by atoms with E-state index in [-0.39, 0.29) is 5.78 Å². The quantitative estimate of drug-likeness (QED) is 0.668. The predicted octanol–water partition coefficient (Wildman–Crippen LogP) is 5.52. The van der Waals surface area contributed by atoms with E-state index in [1.807, 2.05) is 0 Å². The molecule has 1 nitrogen and oxygen atoms in total. The zero-order valence-corrected chi connectivity index (χ0v) is 11.8. The molecule has 0 aliphatic carbocycles. The Labute approximate surface area is 120 Å². The maximum Gasteiger partial charge on any atom is 0.159 e. The van der Waals surface area contributed by atoms with Crippen LogP contribution in [0.15, 0.2) is 36.4 Å². The number of rotatable bonds is 2. The van der Waals surface area contributed by atoms with Gasteiger partial charge < -0.3 is 0 Å². The van der Waals surface area contributed by atoms with Crippen molar-refractivity contribution in [3.8, 4) is 11.1 Å². The maximum atomic E-state index is 11.4. The van der Waals surface area contributed by atoms with E-state index in [1.165, 1.54) is 6.92 Å². The van der Waals surface area contributed by atoms with Crippen molar-refractivity contribution in [2.45, 2.75) is 6.92 Å². The Kier molecular flexibility index (Phi) is 3.96. The van der Waals surface area contributed by atoms with E-state index in [1.54, 1.807) is 36.4 Å². The molecule has 0 saturated carbocycles. The van der Waals surface area contributed by atoms with Crippen LogP contribution < -0.4 is 0 Å². The Morgan fingerprint density at radius 1 is 0.944 bits per heavy atom. The Bertz CT molecular complexity index is 600. The van der Waals surface area contributed by atoms with Gasteiger partial charge in [-0.15, -0.1) is 0 Å². The molecule has 0 N–H and O–H groups in total. The number of hydrogen-bond acceptors (Lipinski definition) is 1. The van der Waals surface area contributed by atoms with Gasteiger partial charge in [0.2, 0.25) is 0 Å². The lowest BCUT2D eigenvalue weighted by Gasteiger charge is -2.07. The zero-order chi connectivity index (χ0) is 13.3. The van der Waals surface area contributed by atoms with Crippen molar-refractivity contribution in [3.05, 3.63) is 57.0 Å². The molecule has 0 atom stereocenters. The molecule has 2 aromatic rings. The normalized spacial score (nSPS) is 10.4. The van der Waals surface area contributed by atoms with Gasteiger partial charge in [-0.25, -0.2) is 0 Å². The number of Topliss-reactive ketones (excluding diaryl/α,β-unsaturated/α-hetero) is 1. The number of ketones is 1. The van der Waals surface area contributed by atoms with E-state index < -0.39 is 0 Å². The standard InChI is InChI=1S/C14H9Cl3O/c1-8(18)9-2-3-14(17)13(6-9)10-4-11(15)7-12(16)5-10/h2-7H,1H3. The van der Waals surface area contributed by atoms with Crippen molar-refractivity contribution in [1.82, 2.24) is 0 Å². The van der Waals surface area contributed by atoms with Gasteiger partial charge in [-0.3, -0.25) is 4.79 Å². The van der Waals surface area contributed by atoms with E-state index >= 15 is 0 Å². The molecular weight excluding hydrogens is 291 g/mol. The fourth-order valence-corrected chi connectivity index (χ4v) is 2.43. The zero-order valence-electron chi connectivity index (χ0n) is 9.51.